The number of nitrogens with zero attached hydrogens (tertiary/aromatic N) is 1. The lowest BCUT2D eigenvalue weighted by Crippen LogP contribution is -2.39. The number of hydrazine groups is 1. The average molecular weight is 246 g/mol. The molecule has 18 heavy (non-hydrogen) atoms. The largest absolute Gasteiger partial charge is 0.350 e. The van der Waals surface area contributed by atoms with Gasteiger partial charge < -0.3 is 9.84 Å². The maximum Gasteiger partial charge on any atom is 0.290 e. The molecule has 0 saturated carbocycles. The van der Waals surface area contributed by atoms with Crippen LogP contribution in [-0.4, -0.2) is 24.8 Å². The third kappa shape index (κ3) is 2.93. The minimum Gasteiger partial charge on any atom is -0.350 e. The van der Waals surface area contributed by atoms with Gasteiger partial charge in [0, 0.05) is 11.6 Å². The van der Waals surface area contributed by atoms with Crippen molar-refractivity contribution in [2.24, 2.45) is 0 Å². The molecular formula is C12H14N4O2. The second kappa shape index (κ2) is 5.95. The predicted octanol–water partition coefficient (Wildman–Crippen LogP) is 0.753. The Morgan fingerprint density at radius 2 is 2.11 bits per heavy atom. The van der Waals surface area contributed by atoms with Crippen molar-refractivity contribution in [1.29, 1.82) is 0 Å². The molecular weight excluding hydrogens is 232 g/mol. The molecule has 1 aromatic carbocycles. The molecule has 0 aliphatic carbocycles. The molecule has 0 spiro atoms. The second-order valence-electron chi connectivity index (χ2n) is 3.55. The van der Waals surface area contributed by atoms with E-state index in [1.54, 1.807) is 13.1 Å². The summed E-state index contributed by atoms with van der Waals surface area (Å²) in [6.45, 7) is 0.302. The van der Waals surface area contributed by atoms with E-state index in [9.17, 15) is 4.79 Å². The zero-order valence-corrected chi connectivity index (χ0v) is 9.93. The van der Waals surface area contributed by atoms with Crippen molar-refractivity contribution < 1.29 is 9.32 Å². The van der Waals surface area contributed by atoms with Gasteiger partial charge in [-0.2, -0.15) is 0 Å². The molecule has 6 nitrogen and oxygen atoms in total. The molecule has 2 aromatic rings. The van der Waals surface area contributed by atoms with E-state index in [0.717, 1.165) is 5.56 Å². The summed E-state index contributed by atoms with van der Waals surface area (Å²) in [5.41, 5.74) is 6.99. The molecule has 0 atom stereocenters. The van der Waals surface area contributed by atoms with Crippen molar-refractivity contribution >= 4 is 5.91 Å². The van der Waals surface area contributed by atoms with Gasteiger partial charge in [-0.3, -0.25) is 10.2 Å². The van der Waals surface area contributed by atoms with Crippen molar-refractivity contribution in [2.45, 2.75) is 0 Å². The topological polar surface area (TPSA) is 79.2 Å². The lowest BCUT2D eigenvalue weighted by Gasteiger charge is -2.02. The van der Waals surface area contributed by atoms with E-state index in [0.29, 0.717) is 12.4 Å². The van der Waals surface area contributed by atoms with Gasteiger partial charge in [0.1, 0.15) is 5.69 Å². The molecule has 1 heterocycles. The van der Waals surface area contributed by atoms with Gasteiger partial charge in [0.2, 0.25) is 5.76 Å². The maximum atomic E-state index is 11.7. The molecule has 3 N–H and O–H groups in total. The Morgan fingerprint density at radius 1 is 1.33 bits per heavy atom. The number of carbonyl (C=O) groups excluding carboxylic acids is 1. The highest BCUT2D eigenvalue weighted by Gasteiger charge is 2.12. The summed E-state index contributed by atoms with van der Waals surface area (Å²) < 4.78 is 5.00. The lowest BCUT2D eigenvalue weighted by molar-refractivity contribution is 0.0912. The number of hydrogen-bond donors (Lipinski definition) is 3. The smallest absolute Gasteiger partial charge is 0.290 e. The summed E-state index contributed by atoms with van der Waals surface area (Å²) in [4.78, 5) is 11.7. The molecule has 1 amide bonds. The number of benzene rings is 1. The van der Waals surface area contributed by atoms with Crippen LogP contribution in [0.1, 0.15) is 10.6 Å². The van der Waals surface area contributed by atoms with Crippen LogP contribution >= 0.6 is 0 Å². The van der Waals surface area contributed by atoms with E-state index in [4.69, 9.17) is 4.52 Å². The maximum absolute atomic E-state index is 11.7. The summed E-state index contributed by atoms with van der Waals surface area (Å²) in [5, 5.41) is 6.48. The number of hydrogen-bond acceptors (Lipinski definition) is 5. The summed E-state index contributed by atoms with van der Waals surface area (Å²) in [6, 6.07) is 11.1. The third-order valence-electron chi connectivity index (χ3n) is 2.32. The standard InChI is InChI=1S/C12H14N4O2/c1-13-15-8-14-12(17)11-7-10(16-18-11)9-5-3-2-4-6-9/h2-7,13,15H,8H2,1H3,(H,14,17). The van der Waals surface area contributed by atoms with Gasteiger partial charge in [-0.1, -0.05) is 35.5 Å². The molecule has 1 aromatic heterocycles. The molecule has 0 fully saturated rings. The van der Waals surface area contributed by atoms with Crippen LogP contribution in [0.3, 0.4) is 0 Å². The predicted molar refractivity (Wildman–Crippen MR) is 66.5 cm³/mol. The highest BCUT2D eigenvalue weighted by molar-refractivity contribution is 5.92. The van der Waals surface area contributed by atoms with E-state index < -0.39 is 0 Å². The van der Waals surface area contributed by atoms with Gasteiger partial charge in [0.05, 0.1) is 6.67 Å². The SMILES string of the molecule is CNNCNC(=O)c1cc(-c2ccccc2)no1. The molecule has 6 heteroatoms. The van der Waals surface area contributed by atoms with Crippen LogP contribution in [0, 0.1) is 0 Å². The summed E-state index contributed by atoms with van der Waals surface area (Å²) in [7, 11) is 1.72. The highest BCUT2D eigenvalue weighted by atomic mass is 16.5. The Morgan fingerprint density at radius 3 is 2.83 bits per heavy atom. The Balaban J connectivity index is 2.04. The number of carbonyl (C=O) groups is 1. The Kier molecular flexibility index (Phi) is 4.06. The monoisotopic (exact) mass is 246 g/mol. The van der Waals surface area contributed by atoms with E-state index in [1.165, 1.54) is 0 Å². The molecule has 0 radical (unpaired) electrons. The Labute approximate surface area is 104 Å². The number of amides is 1. The van der Waals surface area contributed by atoms with Gasteiger partial charge >= 0.3 is 0 Å². The minimum absolute atomic E-state index is 0.187. The molecule has 0 bridgehead atoms. The number of nitrogens with one attached hydrogen (secondary N) is 3. The lowest BCUT2D eigenvalue weighted by atomic mass is 10.1. The fourth-order valence-electron chi connectivity index (χ4n) is 1.43. The quantitative estimate of drug-likeness (QED) is 0.412. The molecule has 2 rings (SSSR count). The van der Waals surface area contributed by atoms with Crippen LogP contribution in [0.15, 0.2) is 40.9 Å². The first kappa shape index (κ1) is 12.3. The van der Waals surface area contributed by atoms with Crippen molar-refractivity contribution in [3.8, 4) is 11.3 Å². The van der Waals surface area contributed by atoms with E-state index in [-0.39, 0.29) is 11.7 Å². The summed E-state index contributed by atoms with van der Waals surface area (Å²) in [5.74, 6) is -0.126. The van der Waals surface area contributed by atoms with Crippen LogP contribution in [-0.2, 0) is 0 Å². The molecule has 0 unspecified atom stereocenters. The minimum atomic E-state index is -0.313. The zero-order chi connectivity index (χ0) is 12.8. The average Bonchev–Trinajstić information content (AvgIpc) is 2.89. The second-order valence-corrected chi connectivity index (χ2v) is 3.55. The fraction of sp³-hybridized carbons (Fsp3) is 0.167. The van der Waals surface area contributed by atoms with Crippen molar-refractivity contribution in [3.63, 3.8) is 0 Å². The first-order valence-electron chi connectivity index (χ1n) is 5.51. The first-order chi connectivity index (χ1) is 8.81. The summed E-state index contributed by atoms with van der Waals surface area (Å²) >= 11 is 0. The normalized spacial score (nSPS) is 10.3. The van der Waals surface area contributed by atoms with Gasteiger partial charge in [-0.05, 0) is 7.05 Å². The third-order valence-corrected chi connectivity index (χ3v) is 2.32. The summed E-state index contributed by atoms with van der Waals surface area (Å²) in [6.07, 6.45) is 0. The Hall–Kier alpha value is -2.18. The molecule has 94 valence electrons. The number of rotatable bonds is 5. The van der Waals surface area contributed by atoms with Crippen LogP contribution in [0.2, 0.25) is 0 Å². The van der Waals surface area contributed by atoms with Crippen LogP contribution < -0.4 is 16.2 Å². The van der Waals surface area contributed by atoms with Gasteiger partial charge in [0.15, 0.2) is 0 Å². The highest BCUT2D eigenvalue weighted by Crippen LogP contribution is 2.18. The molecule has 0 aliphatic rings. The Bertz CT molecular complexity index is 510. The van der Waals surface area contributed by atoms with Gasteiger partial charge in [0.25, 0.3) is 5.91 Å². The number of aromatic nitrogens is 1. The van der Waals surface area contributed by atoms with Crippen molar-refractivity contribution in [1.82, 2.24) is 21.3 Å². The van der Waals surface area contributed by atoms with Gasteiger partial charge in [-0.15, -0.1) is 0 Å². The van der Waals surface area contributed by atoms with Gasteiger partial charge in [-0.25, -0.2) is 5.43 Å². The van der Waals surface area contributed by atoms with E-state index in [2.05, 4.69) is 21.3 Å². The fourth-order valence-corrected chi connectivity index (χ4v) is 1.43. The molecule has 0 saturated heterocycles. The molecule has 0 aliphatic heterocycles. The van der Waals surface area contributed by atoms with Crippen LogP contribution in [0.25, 0.3) is 11.3 Å². The first-order valence-corrected chi connectivity index (χ1v) is 5.51. The van der Waals surface area contributed by atoms with Crippen molar-refractivity contribution in [3.05, 3.63) is 42.2 Å². The van der Waals surface area contributed by atoms with Crippen LogP contribution in [0.4, 0.5) is 0 Å². The van der Waals surface area contributed by atoms with Crippen molar-refractivity contribution in [2.75, 3.05) is 13.7 Å². The zero-order valence-electron chi connectivity index (χ0n) is 9.93. The van der Waals surface area contributed by atoms with E-state index >= 15 is 0 Å². The van der Waals surface area contributed by atoms with Crippen LogP contribution in [0.5, 0.6) is 0 Å². The van der Waals surface area contributed by atoms with E-state index in [1.807, 2.05) is 30.3 Å².